The SMILES string of the molecule is CCOC(C1CC1)C(Cc1c(C)cc(C)cc1C)NC. The van der Waals surface area contributed by atoms with Crippen LogP contribution in [0.1, 0.15) is 42.0 Å². The molecule has 2 rings (SSSR count). The molecule has 2 atom stereocenters. The summed E-state index contributed by atoms with van der Waals surface area (Å²) in [5.74, 6) is 0.762. The maximum absolute atomic E-state index is 6.03. The summed E-state index contributed by atoms with van der Waals surface area (Å²) >= 11 is 0. The molecule has 1 aliphatic carbocycles. The molecule has 1 aromatic rings. The quantitative estimate of drug-likeness (QED) is 0.821. The van der Waals surface area contributed by atoms with Crippen molar-refractivity contribution >= 4 is 0 Å². The third kappa shape index (κ3) is 3.62. The molecule has 0 aliphatic heterocycles. The standard InChI is InChI=1S/C18H29NO/c1-6-20-18(15-7-8-15)17(19-5)11-16-13(3)9-12(2)10-14(16)4/h9-10,15,17-19H,6-8,11H2,1-5H3. The van der Waals surface area contributed by atoms with E-state index in [0.29, 0.717) is 12.1 Å². The van der Waals surface area contributed by atoms with E-state index >= 15 is 0 Å². The number of likely N-dealkylation sites (N-methyl/N-ethyl adjacent to an activating group) is 1. The lowest BCUT2D eigenvalue weighted by Gasteiger charge is -2.28. The molecule has 2 nitrogen and oxygen atoms in total. The number of nitrogens with one attached hydrogen (secondary N) is 1. The van der Waals surface area contributed by atoms with Crippen LogP contribution in [-0.2, 0) is 11.2 Å². The summed E-state index contributed by atoms with van der Waals surface area (Å²) in [5.41, 5.74) is 5.66. The lowest BCUT2D eigenvalue weighted by atomic mass is 9.91. The third-order valence-corrected chi connectivity index (χ3v) is 4.48. The molecule has 1 N–H and O–H groups in total. The lowest BCUT2D eigenvalue weighted by molar-refractivity contribution is 0.0210. The van der Waals surface area contributed by atoms with E-state index < -0.39 is 0 Å². The van der Waals surface area contributed by atoms with Crippen LogP contribution in [0.4, 0.5) is 0 Å². The molecule has 20 heavy (non-hydrogen) atoms. The average molecular weight is 275 g/mol. The van der Waals surface area contributed by atoms with Crippen molar-refractivity contribution in [3.8, 4) is 0 Å². The molecule has 0 amide bonds. The number of aryl methyl sites for hydroxylation is 3. The summed E-state index contributed by atoms with van der Waals surface area (Å²) in [5, 5.41) is 3.50. The summed E-state index contributed by atoms with van der Waals surface area (Å²) in [6, 6.07) is 5.01. The van der Waals surface area contributed by atoms with Crippen LogP contribution in [0, 0.1) is 26.7 Å². The van der Waals surface area contributed by atoms with E-state index in [1.807, 2.05) is 0 Å². The van der Waals surface area contributed by atoms with Gasteiger partial charge in [-0.25, -0.2) is 0 Å². The summed E-state index contributed by atoms with van der Waals surface area (Å²) in [4.78, 5) is 0. The largest absolute Gasteiger partial charge is 0.377 e. The highest BCUT2D eigenvalue weighted by Gasteiger charge is 2.36. The molecule has 1 aromatic carbocycles. The fraction of sp³-hybridized carbons (Fsp3) is 0.667. The van der Waals surface area contributed by atoms with Gasteiger partial charge in [0.1, 0.15) is 0 Å². The zero-order chi connectivity index (χ0) is 14.7. The van der Waals surface area contributed by atoms with Crippen molar-refractivity contribution in [1.82, 2.24) is 5.32 Å². The molecule has 1 aliphatic rings. The van der Waals surface area contributed by atoms with E-state index in [0.717, 1.165) is 18.9 Å². The monoisotopic (exact) mass is 275 g/mol. The topological polar surface area (TPSA) is 21.3 Å². The Morgan fingerprint density at radius 1 is 1.20 bits per heavy atom. The number of ether oxygens (including phenoxy) is 1. The van der Waals surface area contributed by atoms with Crippen molar-refractivity contribution < 1.29 is 4.74 Å². The summed E-state index contributed by atoms with van der Waals surface area (Å²) < 4.78 is 6.03. The maximum Gasteiger partial charge on any atom is 0.0759 e. The zero-order valence-electron chi connectivity index (χ0n) is 13.6. The Labute approximate surface area is 123 Å². The van der Waals surface area contributed by atoms with Gasteiger partial charge >= 0.3 is 0 Å². The highest BCUT2D eigenvalue weighted by Crippen LogP contribution is 2.36. The van der Waals surface area contributed by atoms with E-state index in [-0.39, 0.29) is 0 Å². The molecule has 0 bridgehead atoms. The van der Waals surface area contributed by atoms with Gasteiger partial charge in [0.25, 0.3) is 0 Å². The molecule has 0 spiro atoms. The van der Waals surface area contributed by atoms with Gasteiger partial charge in [-0.05, 0) is 76.6 Å². The van der Waals surface area contributed by atoms with Gasteiger partial charge in [0, 0.05) is 12.6 Å². The van der Waals surface area contributed by atoms with Gasteiger partial charge in [0.2, 0.25) is 0 Å². The average Bonchev–Trinajstić information content (AvgIpc) is 3.20. The smallest absolute Gasteiger partial charge is 0.0759 e. The van der Waals surface area contributed by atoms with Crippen LogP contribution in [0.2, 0.25) is 0 Å². The molecule has 2 unspecified atom stereocenters. The Morgan fingerprint density at radius 3 is 2.25 bits per heavy atom. The Morgan fingerprint density at radius 2 is 1.80 bits per heavy atom. The molecule has 0 heterocycles. The molecule has 0 saturated heterocycles. The van der Waals surface area contributed by atoms with E-state index in [2.05, 4.69) is 52.2 Å². The summed E-state index contributed by atoms with van der Waals surface area (Å²) in [6.07, 6.45) is 4.09. The first kappa shape index (κ1) is 15.5. The van der Waals surface area contributed by atoms with Gasteiger partial charge in [-0.3, -0.25) is 0 Å². The predicted molar refractivity (Wildman–Crippen MR) is 85.3 cm³/mol. The highest BCUT2D eigenvalue weighted by atomic mass is 16.5. The van der Waals surface area contributed by atoms with Crippen LogP contribution in [0.5, 0.6) is 0 Å². The minimum Gasteiger partial charge on any atom is -0.377 e. The van der Waals surface area contributed by atoms with Crippen LogP contribution < -0.4 is 5.32 Å². The van der Waals surface area contributed by atoms with Gasteiger partial charge in [-0.15, -0.1) is 0 Å². The van der Waals surface area contributed by atoms with E-state index in [1.54, 1.807) is 0 Å². The number of hydrogen-bond acceptors (Lipinski definition) is 2. The zero-order valence-corrected chi connectivity index (χ0v) is 13.6. The Balaban J connectivity index is 2.17. The molecule has 112 valence electrons. The molecule has 1 saturated carbocycles. The second kappa shape index (κ2) is 6.73. The number of benzene rings is 1. The van der Waals surface area contributed by atoms with Gasteiger partial charge in [-0.1, -0.05) is 17.7 Å². The third-order valence-electron chi connectivity index (χ3n) is 4.48. The van der Waals surface area contributed by atoms with E-state index in [9.17, 15) is 0 Å². The van der Waals surface area contributed by atoms with Crippen LogP contribution in [0.15, 0.2) is 12.1 Å². The molecular weight excluding hydrogens is 246 g/mol. The van der Waals surface area contributed by atoms with Crippen LogP contribution in [-0.4, -0.2) is 25.8 Å². The molecule has 2 heteroatoms. The van der Waals surface area contributed by atoms with Crippen molar-refractivity contribution in [2.24, 2.45) is 5.92 Å². The van der Waals surface area contributed by atoms with E-state index in [1.165, 1.54) is 35.1 Å². The van der Waals surface area contributed by atoms with Gasteiger partial charge in [-0.2, -0.15) is 0 Å². The molecular formula is C18H29NO. The minimum atomic E-state index is 0.366. The Kier molecular flexibility index (Phi) is 5.22. The Bertz CT molecular complexity index is 428. The van der Waals surface area contributed by atoms with Crippen LogP contribution in [0.25, 0.3) is 0 Å². The van der Waals surface area contributed by atoms with Crippen molar-refractivity contribution in [1.29, 1.82) is 0 Å². The fourth-order valence-corrected chi connectivity index (χ4v) is 3.33. The van der Waals surface area contributed by atoms with E-state index in [4.69, 9.17) is 4.74 Å². The highest BCUT2D eigenvalue weighted by molar-refractivity contribution is 5.38. The first-order valence-corrected chi connectivity index (χ1v) is 7.92. The van der Waals surface area contributed by atoms with Gasteiger partial charge < -0.3 is 10.1 Å². The molecule has 0 radical (unpaired) electrons. The van der Waals surface area contributed by atoms with Crippen molar-refractivity contribution in [2.45, 2.75) is 59.1 Å². The first-order chi connectivity index (χ1) is 9.56. The van der Waals surface area contributed by atoms with Gasteiger partial charge in [0.05, 0.1) is 6.10 Å². The number of hydrogen-bond donors (Lipinski definition) is 1. The van der Waals surface area contributed by atoms with Crippen molar-refractivity contribution in [3.63, 3.8) is 0 Å². The first-order valence-electron chi connectivity index (χ1n) is 7.92. The predicted octanol–water partition coefficient (Wildman–Crippen LogP) is 3.56. The molecule has 1 fully saturated rings. The number of rotatable bonds is 7. The maximum atomic E-state index is 6.03. The summed E-state index contributed by atoms with van der Waals surface area (Å²) in [7, 11) is 2.07. The van der Waals surface area contributed by atoms with Crippen molar-refractivity contribution in [3.05, 3.63) is 34.4 Å². The second-order valence-corrected chi connectivity index (χ2v) is 6.23. The normalized spacial score (nSPS) is 18.1. The van der Waals surface area contributed by atoms with Crippen LogP contribution in [0.3, 0.4) is 0 Å². The fourth-order valence-electron chi connectivity index (χ4n) is 3.33. The Hall–Kier alpha value is -0.860. The van der Waals surface area contributed by atoms with Crippen LogP contribution >= 0.6 is 0 Å². The lowest BCUT2D eigenvalue weighted by Crippen LogP contribution is -2.42. The van der Waals surface area contributed by atoms with Crippen molar-refractivity contribution in [2.75, 3.05) is 13.7 Å². The second-order valence-electron chi connectivity index (χ2n) is 6.23. The molecule has 0 aromatic heterocycles. The van der Waals surface area contributed by atoms with Gasteiger partial charge in [0.15, 0.2) is 0 Å². The summed E-state index contributed by atoms with van der Waals surface area (Å²) in [6.45, 7) is 9.55. The minimum absolute atomic E-state index is 0.366.